The first-order valence-electron chi connectivity index (χ1n) is 6.75. The van der Waals surface area contributed by atoms with E-state index >= 15 is 0 Å². The van der Waals surface area contributed by atoms with Crippen molar-refractivity contribution in [1.29, 1.82) is 0 Å². The number of benzene rings is 1. The highest BCUT2D eigenvalue weighted by Gasteiger charge is 2.24. The highest BCUT2D eigenvalue weighted by Crippen LogP contribution is 2.34. The van der Waals surface area contributed by atoms with Gasteiger partial charge in [-0.25, -0.2) is 0 Å². The van der Waals surface area contributed by atoms with Crippen LogP contribution in [0.1, 0.15) is 38.9 Å². The molecule has 1 aliphatic rings. The van der Waals surface area contributed by atoms with Gasteiger partial charge in [-0.1, -0.05) is 31.5 Å². The molecule has 19 heavy (non-hydrogen) atoms. The summed E-state index contributed by atoms with van der Waals surface area (Å²) in [6, 6.07) is 5.98. The maximum Gasteiger partial charge on any atom is 0.0776 e. The average Bonchev–Trinajstić information content (AvgIpc) is 2.49. The minimum absolute atomic E-state index is 0.359. The third kappa shape index (κ3) is 3.80. The van der Waals surface area contributed by atoms with Crippen molar-refractivity contribution in [3.63, 3.8) is 0 Å². The molecule has 2 rings (SSSR count). The zero-order valence-corrected chi connectivity index (χ0v) is 13.4. The molecule has 0 aromatic heterocycles. The van der Waals surface area contributed by atoms with Gasteiger partial charge in [0.25, 0.3) is 0 Å². The van der Waals surface area contributed by atoms with Crippen LogP contribution in [0, 0.1) is 0 Å². The van der Waals surface area contributed by atoms with Gasteiger partial charge in [-0.15, -0.1) is 0 Å². The Hall–Kier alpha value is -0.380. The quantitative estimate of drug-likeness (QED) is 0.889. The number of hydrogen-bond acceptors (Lipinski definition) is 3. The Morgan fingerprint density at radius 1 is 1.37 bits per heavy atom. The molecule has 0 aliphatic carbocycles. The number of anilines is 1. The number of aliphatic hydroxyl groups excluding tert-OH is 1. The molecule has 0 bridgehead atoms. The summed E-state index contributed by atoms with van der Waals surface area (Å²) < 4.78 is 0.359. The molecule has 1 aromatic rings. The van der Waals surface area contributed by atoms with Gasteiger partial charge in [-0.2, -0.15) is 11.8 Å². The van der Waals surface area contributed by atoms with Gasteiger partial charge in [0.2, 0.25) is 0 Å². The lowest BCUT2D eigenvalue weighted by Gasteiger charge is -2.25. The Kier molecular flexibility index (Phi) is 4.70. The van der Waals surface area contributed by atoms with Gasteiger partial charge in [0.05, 0.1) is 6.10 Å². The molecule has 0 saturated carbocycles. The Balaban J connectivity index is 2.16. The zero-order valence-electron chi connectivity index (χ0n) is 11.8. The van der Waals surface area contributed by atoms with Crippen molar-refractivity contribution in [2.24, 2.45) is 0 Å². The molecular weight excluding hydrogens is 278 g/mol. The van der Waals surface area contributed by atoms with E-state index in [1.165, 1.54) is 6.42 Å². The number of thioether (sulfide) groups is 1. The first-order valence-corrected chi connectivity index (χ1v) is 8.12. The molecule has 106 valence electrons. The number of hydrogen-bond donors (Lipinski definition) is 1. The fraction of sp³-hybridized carbons (Fsp3) is 0.600. The second-order valence-corrected chi connectivity index (χ2v) is 7.94. The van der Waals surface area contributed by atoms with Gasteiger partial charge < -0.3 is 10.0 Å². The average molecular weight is 300 g/mol. The van der Waals surface area contributed by atoms with E-state index in [2.05, 4.69) is 24.8 Å². The van der Waals surface area contributed by atoms with E-state index in [0.29, 0.717) is 9.77 Å². The van der Waals surface area contributed by atoms with Crippen molar-refractivity contribution < 1.29 is 5.11 Å². The Bertz CT molecular complexity index is 448. The Morgan fingerprint density at radius 3 is 2.74 bits per heavy atom. The van der Waals surface area contributed by atoms with Crippen molar-refractivity contribution in [2.75, 3.05) is 23.7 Å². The fourth-order valence-corrected chi connectivity index (χ4v) is 3.76. The van der Waals surface area contributed by atoms with Crippen LogP contribution in [0.5, 0.6) is 0 Å². The zero-order chi connectivity index (χ0) is 14.0. The summed E-state index contributed by atoms with van der Waals surface area (Å²) in [5.74, 6) is 1.14. The first-order chi connectivity index (χ1) is 8.89. The van der Waals surface area contributed by atoms with Crippen LogP contribution < -0.4 is 4.90 Å². The third-order valence-corrected chi connectivity index (χ3v) is 5.34. The lowest BCUT2D eigenvalue weighted by Crippen LogP contribution is -2.26. The van der Waals surface area contributed by atoms with Crippen LogP contribution in [0.4, 0.5) is 5.69 Å². The largest absolute Gasteiger partial charge is 0.389 e. The van der Waals surface area contributed by atoms with Gasteiger partial charge in [0.1, 0.15) is 0 Å². The number of rotatable bonds is 2. The summed E-state index contributed by atoms with van der Waals surface area (Å²) in [4.78, 5) is 2.39. The van der Waals surface area contributed by atoms with Gasteiger partial charge in [-0.05, 0) is 31.0 Å². The van der Waals surface area contributed by atoms with Crippen LogP contribution in [0.2, 0.25) is 5.02 Å². The van der Waals surface area contributed by atoms with Crippen molar-refractivity contribution in [3.05, 3.63) is 28.8 Å². The van der Waals surface area contributed by atoms with Crippen molar-refractivity contribution in [2.45, 2.75) is 38.0 Å². The lowest BCUT2D eigenvalue weighted by molar-refractivity contribution is 0.199. The Labute approximate surface area is 125 Å². The lowest BCUT2D eigenvalue weighted by atomic mass is 10.1. The Morgan fingerprint density at radius 2 is 2.11 bits per heavy atom. The molecule has 0 amide bonds. The van der Waals surface area contributed by atoms with Gasteiger partial charge >= 0.3 is 0 Å². The van der Waals surface area contributed by atoms with E-state index < -0.39 is 6.10 Å². The summed E-state index contributed by atoms with van der Waals surface area (Å²) in [5.41, 5.74) is 1.96. The van der Waals surface area contributed by atoms with Crippen molar-refractivity contribution in [1.82, 2.24) is 0 Å². The number of nitrogens with zero attached hydrogens (tertiary/aromatic N) is 1. The van der Waals surface area contributed by atoms with Crippen molar-refractivity contribution >= 4 is 29.1 Å². The summed E-state index contributed by atoms with van der Waals surface area (Å²) in [5, 5.41) is 10.3. The normalized spacial score (nSPS) is 21.0. The van der Waals surface area contributed by atoms with E-state index in [1.807, 2.05) is 23.9 Å². The van der Waals surface area contributed by atoms with E-state index in [-0.39, 0.29) is 0 Å². The second kappa shape index (κ2) is 5.94. The van der Waals surface area contributed by atoms with Crippen LogP contribution in [0.25, 0.3) is 0 Å². The maximum absolute atomic E-state index is 9.62. The van der Waals surface area contributed by atoms with Gasteiger partial charge in [0.15, 0.2) is 0 Å². The van der Waals surface area contributed by atoms with Crippen LogP contribution in [0.3, 0.4) is 0 Å². The molecule has 1 saturated heterocycles. The monoisotopic (exact) mass is 299 g/mol. The minimum Gasteiger partial charge on any atom is -0.389 e. The molecule has 1 N–H and O–H groups in total. The smallest absolute Gasteiger partial charge is 0.0776 e. The van der Waals surface area contributed by atoms with Crippen LogP contribution >= 0.6 is 23.4 Å². The second-order valence-electron chi connectivity index (χ2n) is 5.73. The predicted molar refractivity (Wildman–Crippen MR) is 85.5 cm³/mol. The van der Waals surface area contributed by atoms with Gasteiger partial charge in [0, 0.05) is 34.3 Å². The summed E-state index contributed by atoms with van der Waals surface area (Å²) in [6.45, 7) is 8.48. The van der Waals surface area contributed by atoms with Gasteiger partial charge in [-0.3, -0.25) is 0 Å². The molecule has 1 aromatic carbocycles. The molecular formula is C15H22ClNOS. The SMILES string of the molecule is CC(O)c1ccc(N2CCSC(C)(C)CC2)cc1Cl. The molecule has 1 atom stereocenters. The van der Waals surface area contributed by atoms with Crippen molar-refractivity contribution in [3.8, 4) is 0 Å². The maximum atomic E-state index is 9.62. The predicted octanol–water partition coefficient (Wildman–Crippen LogP) is 4.12. The molecule has 2 nitrogen and oxygen atoms in total. The summed E-state index contributed by atoms with van der Waals surface area (Å²) >= 11 is 8.29. The molecule has 0 spiro atoms. The standard InChI is InChI=1S/C15H22ClNOS/c1-11(18)13-5-4-12(10-14(13)16)17-7-6-15(2,3)19-9-8-17/h4-5,10-11,18H,6-9H2,1-3H3. The molecule has 1 heterocycles. The highest BCUT2D eigenvalue weighted by atomic mass is 35.5. The van der Waals surface area contributed by atoms with E-state index in [1.54, 1.807) is 6.92 Å². The first kappa shape index (κ1) is 15.0. The topological polar surface area (TPSA) is 23.5 Å². The summed E-state index contributed by atoms with van der Waals surface area (Å²) in [6.07, 6.45) is 0.660. The molecule has 4 heteroatoms. The number of aliphatic hydroxyl groups is 1. The van der Waals surface area contributed by atoms with Crippen LogP contribution in [0.15, 0.2) is 18.2 Å². The molecule has 1 fully saturated rings. The highest BCUT2D eigenvalue weighted by molar-refractivity contribution is 8.00. The molecule has 0 radical (unpaired) electrons. The summed E-state index contributed by atoms with van der Waals surface area (Å²) in [7, 11) is 0. The molecule has 1 aliphatic heterocycles. The van der Waals surface area contributed by atoms with E-state index in [0.717, 1.165) is 30.1 Å². The minimum atomic E-state index is -0.514. The van der Waals surface area contributed by atoms with E-state index in [9.17, 15) is 5.11 Å². The third-order valence-electron chi connectivity index (χ3n) is 3.64. The van der Waals surface area contributed by atoms with E-state index in [4.69, 9.17) is 11.6 Å². The number of halogens is 1. The fourth-order valence-electron chi connectivity index (χ4n) is 2.33. The van der Waals surface area contributed by atoms with Crippen LogP contribution in [-0.4, -0.2) is 28.7 Å². The van der Waals surface area contributed by atoms with Crippen LogP contribution in [-0.2, 0) is 0 Å². The molecule has 1 unspecified atom stereocenters.